The molecule has 2 heterocycles. The Balaban J connectivity index is 0.00000176. The van der Waals surface area contributed by atoms with Gasteiger partial charge in [0.1, 0.15) is 5.82 Å². The molecule has 1 aromatic heterocycles. The quantitative estimate of drug-likeness (QED) is 0.884. The maximum absolute atomic E-state index is 4.78. The van der Waals surface area contributed by atoms with Gasteiger partial charge in [0, 0.05) is 24.7 Å². The Morgan fingerprint density at radius 1 is 1.09 bits per heavy atom. The molecule has 1 saturated heterocycles. The van der Waals surface area contributed by atoms with E-state index in [2.05, 4.69) is 59.2 Å². The molecule has 0 radical (unpaired) electrons. The average molecular weight is 318 g/mol. The molecule has 118 valence electrons. The van der Waals surface area contributed by atoms with Crippen molar-refractivity contribution in [2.45, 2.75) is 25.2 Å². The van der Waals surface area contributed by atoms with Gasteiger partial charge in [0.15, 0.2) is 0 Å². The zero-order chi connectivity index (χ0) is 14.3. The van der Waals surface area contributed by atoms with Gasteiger partial charge in [-0.05, 0) is 43.5 Å². The molecule has 2 N–H and O–H groups in total. The molecule has 1 aliphatic heterocycles. The third kappa shape index (κ3) is 4.72. The lowest BCUT2D eigenvalue weighted by atomic mass is 9.96. The lowest BCUT2D eigenvalue weighted by Crippen LogP contribution is -2.28. The number of nitrogens with one attached hydrogen (secondary N) is 2. The summed E-state index contributed by atoms with van der Waals surface area (Å²) in [5, 5.41) is 6.90. The van der Waals surface area contributed by atoms with Crippen molar-refractivity contribution in [1.29, 1.82) is 0 Å². The standard InChI is InChI=1S/C18H23N3.ClH/c1-2-6-15(7-3-1)11-13-20-18-10-4-9-17(21-18)16-8-5-12-19-14-16;/h1-4,6-7,9-10,16,19H,5,8,11-14H2,(H,20,21);1H. The molecule has 0 spiro atoms. The Kier molecular flexibility index (Phi) is 6.69. The monoisotopic (exact) mass is 317 g/mol. The molecule has 1 fully saturated rings. The number of anilines is 1. The topological polar surface area (TPSA) is 37.0 Å². The van der Waals surface area contributed by atoms with Gasteiger partial charge in [-0.15, -0.1) is 12.4 Å². The Morgan fingerprint density at radius 3 is 2.73 bits per heavy atom. The highest BCUT2D eigenvalue weighted by Gasteiger charge is 2.16. The van der Waals surface area contributed by atoms with Gasteiger partial charge in [-0.25, -0.2) is 4.98 Å². The molecule has 1 atom stereocenters. The molecule has 0 aliphatic carbocycles. The van der Waals surface area contributed by atoms with Crippen molar-refractivity contribution in [3.05, 3.63) is 59.8 Å². The fourth-order valence-electron chi connectivity index (χ4n) is 2.86. The lowest BCUT2D eigenvalue weighted by molar-refractivity contribution is 0.455. The van der Waals surface area contributed by atoms with Gasteiger partial charge < -0.3 is 10.6 Å². The molecular formula is C18H24ClN3. The van der Waals surface area contributed by atoms with Crippen LogP contribution in [0.15, 0.2) is 48.5 Å². The van der Waals surface area contributed by atoms with Crippen LogP contribution in [-0.2, 0) is 6.42 Å². The Hall–Kier alpha value is -1.58. The average Bonchev–Trinajstić information content (AvgIpc) is 2.57. The fraction of sp³-hybridized carbons (Fsp3) is 0.389. The van der Waals surface area contributed by atoms with Crippen molar-refractivity contribution in [2.75, 3.05) is 25.0 Å². The van der Waals surface area contributed by atoms with Crippen LogP contribution in [0.2, 0.25) is 0 Å². The lowest BCUT2D eigenvalue weighted by Gasteiger charge is -2.22. The van der Waals surface area contributed by atoms with Crippen LogP contribution in [0.25, 0.3) is 0 Å². The maximum Gasteiger partial charge on any atom is 0.126 e. The van der Waals surface area contributed by atoms with Crippen molar-refractivity contribution in [2.24, 2.45) is 0 Å². The summed E-state index contributed by atoms with van der Waals surface area (Å²) in [6.45, 7) is 3.12. The van der Waals surface area contributed by atoms with E-state index in [1.807, 2.05) is 0 Å². The van der Waals surface area contributed by atoms with E-state index in [0.717, 1.165) is 31.9 Å². The molecule has 1 unspecified atom stereocenters. The second kappa shape index (κ2) is 8.76. The fourth-order valence-corrected chi connectivity index (χ4v) is 2.86. The van der Waals surface area contributed by atoms with E-state index < -0.39 is 0 Å². The highest BCUT2D eigenvalue weighted by molar-refractivity contribution is 5.85. The number of halogens is 1. The number of hydrogen-bond donors (Lipinski definition) is 2. The van der Waals surface area contributed by atoms with Crippen LogP contribution in [0.5, 0.6) is 0 Å². The summed E-state index contributed by atoms with van der Waals surface area (Å²) in [6, 6.07) is 16.9. The molecule has 0 saturated carbocycles. The second-order valence-corrected chi connectivity index (χ2v) is 5.65. The van der Waals surface area contributed by atoms with Gasteiger partial charge in [0.25, 0.3) is 0 Å². The van der Waals surface area contributed by atoms with Gasteiger partial charge in [-0.3, -0.25) is 0 Å². The first-order valence-electron chi connectivity index (χ1n) is 7.87. The van der Waals surface area contributed by atoms with Crippen LogP contribution in [0.3, 0.4) is 0 Å². The Morgan fingerprint density at radius 2 is 1.95 bits per heavy atom. The summed E-state index contributed by atoms with van der Waals surface area (Å²) >= 11 is 0. The van der Waals surface area contributed by atoms with Crippen molar-refractivity contribution >= 4 is 18.2 Å². The molecule has 1 aromatic carbocycles. The highest BCUT2D eigenvalue weighted by atomic mass is 35.5. The number of piperidine rings is 1. The van der Waals surface area contributed by atoms with Crippen LogP contribution in [0, 0.1) is 0 Å². The zero-order valence-corrected chi connectivity index (χ0v) is 13.6. The summed E-state index contributed by atoms with van der Waals surface area (Å²) in [7, 11) is 0. The summed E-state index contributed by atoms with van der Waals surface area (Å²) in [6.07, 6.45) is 3.52. The smallest absolute Gasteiger partial charge is 0.126 e. The van der Waals surface area contributed by atoms with E-state index >= 15 is 0 Å². The number of nitrogens with zero attached hydrogens (tertiary/aromatic N) is 1. The summed E-state index contributed by atoms with van der Waals surface area (Å²) in [4.78, 5) is 4.78. The van der Waals surface area contributed by atoms with Gasteiger partial charge in [0.2, 0.25) is 0 Å². The van der Waals surface area contributed by atoms with Crippen LogP contribution < -0.4 is 10.6 Å². The van der Waals surface area contributed by atoms with Crippen molar-refractivity contribution in [3.63, 3.8) is 0 Å². The molecule has 22 heavy (non-hydrogen) atoms. The van der Waals surface area contributed by atoms with E-state index in [9.17, 15) is 0 Å². The second-order valence-electron chi connectivity index (χ2n) is 5.65. The minimum atomic E-state index is 0. The molecule has 2 aromatic rings. The number of aromatic nitrogens is 1. The van der Waals surface area contributed by atoms with E-state index in [1.165, 1.54) is 24.1 Å². The number of pyridine rings is 1. The van der Waals surface area contributed by atoms with Gasteiger partial charge in [0.05, 0.1) is 0 Å². The Labute approximate surface area is 139 Å². The van der Waals surface area contributed by atoms with E-state index in [-0.39, 0.29) is 12.4 Å². The van der Waals surface area contributed by atoms with E-state index in [4.69, 9.17) is 4.98 Å². The van der Waals surface area contributed by atoms with Crippen molar-refractivity contribution in [3.8, 4) is 0 Å². The third-order valence-electron chi connectivity index (χ3n) is 4.05. The minimum Gasteiger partial charge on any atom is -0.370 e. The SMILES string of the molecule is Cl.c1ccc(CCNc2cccc(C3CCCNC3)n2)cc1. The predicted octanol–water partition coefficient (Wildman–Crippen LogP) is 3.63. The Bertz CT molecular complexity index is 553. The normalized spacial score (nSPS) is 17.5. The molecule has 0 amide bonds. The van der Waals surface area contributed by atoms with Crippen LogP contribution >= 0.6 is 12.4 Å². The van der Waals surface area contributed by atoms with Crippen LogP contribution in [0.1, 0.15) is 30.0 Å². The summed E-state index contributed by atoms with van der Waals surface area (Å²) in [5.74, 6) is 1.56. The first-order chi connectivity index (χ1) is 10.4. The molecule has 3 rings (SSSR count). The predicted molar refractivity (Wildman–Crippen MR) is 95.0 cm³/mol. The molecule has 0 bridgehead atoms. The summed E-state index contributed by atoms with van der Waals surface area (Å²) < 4.78 is 0. The highest BCUT2D eigenvalue weighted by Crippen LogP contribution is 2.22. The van der Waals surface area contributed by atoms with E-state index in [1.54, 1.807) is 0 Å². The third-order valence-corrected chi connectivity index (χ3v) is 4.05. The molecule has 3 nitrogen and oxygen atoms in total. The maximum atomic E-state index is 4.78. The minimum absolute atomic E-state index is 0. The van der Waals surface area contributed by atoms with Gasteiger partial charge in [-0.2, -0.15) is 0 Å². The largest absolute Gasteiger partial charge is 0.370 e. The number of benzene rings is 1. The van der Waals surface area contributed by atoms with Crippen LogP contribution in [0.4, 0.5) is 5.82 Å². The van der Waals surface area contributed by atoms with Gasteiger partial charge in [-0.1, -0.05) is 36.4 Å². The number of hydrogen-bond acceptors (Lipinski definition) is 3. The van der Waals surface area contributed by atoms with Gasteiger partial charge >= 0.3 is 0 Å². The van der Waals surface area contributed by atoms with E-state index in [0.29, 0.717) is 5.92 Å². The van der Waals surface area contributed by atoms with Crippen molar-refractivity contribution < 1.29 is 0 Å². The summed E-state index contributed by atoms with van der Waals surface area (Å²) in [5.41, 5.74) is 2.57. The first-order valence-corrected chi connectivity index (χ1v) is 7.87. The van der Waals surface area contributed by atoms with Crippen molar-refractivity contribution in [1.82, 2.24) is 10.3 Å². The zero-order valence-electron chi connectivity index (χ0n) is 12.8. The first kappa shape index (κ1) is 16.8. The number of rotatable bonds is 5. The van der Waals surface area contributed by atoms with Crippen LogP contribution in [-0.4, -0.2) is 24.6 Å². The molecule has 4 heteroatoms. The molecule has 1 aliphatic rings. The molecular weight excluding hydrogens is 294 g/mol.